The molecule has 1 rings (SSSR count). The molecule has 0 aliphatic rings. The van der Waals surface area contributed by atoms with Crippen LogP contribution < -0.4 is 10.6 Å². The lowest BCUT2D eigenvalue weighted by atomic mass is 10.1. The van der Waals surface area contributed by atoms with Crippen molar-refractivity contribution in [2.45, 2.75) is 58.2 Å². The van der Waals surface area contributed by atoms with E-state index in [1.54, 1.807) is 0 Å². The number of rotatable bonds is 10. The van der Waals surface area contributed by atoms with E-state index in [2.05, 4.69) is 10.6 Å². The molecule has 0 aliphatic heterocycles. The fraction of sp³-hybridized carbons (Fsp3) is 0.500. The van der Waals surface area contributed by atoms with E-state index in [-0.39, 0.29) is 6.61 Å². The number of carboxylic acids is 1. The molecule has 25 heavy (non-hydrogen) atoms. The molecule has 2 amide bonds. The van der Waals surface area contributed by atoms with Gasteiger partial charge in [-0.1, -0.05) is 57.0 Å². The maximum absolute atomic E-state index is 12.3. The SMILES string of the molecule is CCC[C@H](NC(=O)[C@H](CCC)NC(=O)OCc1ccccc1)C(=O)O. The van der Waals surface area contributed by atoms with Crippen LogP contribution in [0.1, 0.15) is 45.1 Å². The van der Waals surface area contributed by atoms with E-state index >= 15 is 0 Å². The van der Waals surface area contributed by atoms with Crippen LogP contribution in [0.4, 0.5) is 4.79 Å². The highest BCUT2D eigenvalue weighted by Crippen LogP contribution is 2.04. The first-order chi connectivity index (χ1) is 12.0. The Kier molecular flexibility index (Phi) is 9.06. The van der Waals surface area contributed by atoms with E-state index in [1.165, 1.54) is 0 Å². The molecule has 0 unspecified atom stereocenters. The van der Waals surface area contributed by atoms with Crippen LogP contribution in [0.15, 0.2) is 30.3 Å². The van der Waals surface area contributed by atoms with Crippen LogP contribution in [0.3, 0.4) is 0 Å². The first-order valence-electron chi connectivity index (χ1n) is 8.48. The number of amides is 2. The predicted octanol–water partition coefficient (Wildman–Crippen LogP) is 2.45. The van der Waals surface area contributed by atoms with E-state index in [0.717, 1.165) is 5.56 Å². The lowest BCUT2D eigenvalue weighted by molar-refractivity contribution is -0.142. The molecule has 7 heteroatoms. The van der Waals surface area contributed by atoms with Crippen LogP contribution in [-0.4, -0.2) is 35.2 Å². The predicted molar refractivity (Wildman–Crippen MR) is 92.9 cm³/mol. The molecule has 1 aromatic rings. The molecular formula is C18H26N2O5. The van der Waals surface area contributed by atoms with Crippen molar-refractivity contribution in [3.8, 4) is 0 Å². The number of carbonyl (C=O) groups is 3. The highest BCUT2D eigenvalue weighted by atomic mass is 16.5. The number of hydrogen-bond donors (Lipinski definition) is 3. The van der Waals surface area contributed by atoms with Crippen LogP contribution in [-0.2, 0) is 20.9 Å². The normalized spacial score (nSPS) is 12.7. The molecule has 0 aromatic heterocycles. The number of nitrogens with one attached hydrogen (secondary N) is 2. The summed E-state index contributed by atoms with van der Waals surface area (Å²) in [6.45, 7) is 3.81. The summed E-state index contributed by atoms with van der Waals surface area (Å²) in [6, 6.07) is 7.40. The first kappa shape index (κ1) is 20.5. The first-order valence-corrected chi connectivity index (χ1v) is 8.48. The van der Waals surface area contributed by atoms with Crippen molar-refractivity contribution < 1.29 is 24.2 Å². The van der Waals surface area contributed by atoms with Gasteiger partial charge in [-0.05, 0) is 18.4 Å². The van der Waals surface area contributed by atoms with Gasteiger partial charge >= 0.3 is 12.1 Å². The van der Waals surface area contributed by atoms with E-state index in [9.17, 15) is 14.4 Å². The molecular weight excluding hydrogens is 324 g/mol. The Balaban J connectivity index is 2.57. The fourth-order valence-electron chi connectivity index (χ4n) is 2.28. The van der Waals surface area contributed by atoms with Crippen molar-refractivity contribution in [2.24, 2.45) is 0 Å². The molecule has 0 fully saturated rings. The molecule has 0 saturated carbocycles. The van der Waals surface area contributed by atoms with Crippen LogP contribution >= 0.6 is 0 Å². The van der Waals surface area contributed by atoms with Gasteiger partial charge in [-0.15, -0.1) is 0 Å². The highest BCUT2D eigenvalue weighted by molar-refractivity contribution is 5.89. The molecule has 0 bridgehead atoms. The van der Waals surface area contributed by atoms with Gasteiger partial charge in [0.05, 0.1) is 0 Å². The zero-order valence-corrected chi connectivity index (χ0v) is 14.7. The Morgan fingerprint density at radius 2 is 1.60 bits per heavy atom. The second kappa shape index (κ2) is 11.1. The largest absolute Gasteiger partial charge is 0.480 e. The number of ether oxygens (including phenoxy) is 1. The summed E-state index contributed by atoms with van der Waals surface area (Å²) in [7, 11) is 0. The molecule has 138 valence electrons. The number of carboxylic acid groups (broad SMARTS) is 1. The number of hydrogen-bond acceptors (Lipinski definition) is 4. The third-order valence-corrected chi connectivity index (χ3v) is 3.59. The summed E-state index contributed by atoms with van der Waals surface area (Å²) >= 11 is 0. The summed E-state index contributed by atoms with van der Waals surface area (Å²) in [5.41, 5.74) is 0.836. The molecule has 0 radical (unpaired) electrons. The van der Waals surface area contributed by atoms with Gasteiger partial charge in [-0.2, -0.15) is 0 Å². The quantitative estimate of drug-likeness (QED) is 0.601. The summed E-state index contributed by atoms with van der Waals surface area (Å²) < 4.78 is 5.11. The topological polar surface area (TPSA) is 105 Å². The van der Waals surface area contributed by atoms with Gasteiger partial charge < -0.3 is 20.5 Å². The van der Waals surface area contributed by atoms with Gasteiger partial charge in [0.1, 0.15) is 18.7 Å². The van der Waals surface area contributed by atoms with Crippen molar-refractivity contribution in [3.05, 3.63) is 35.9 Å². The highest BCUT2D eigenvalue weighted by Gasteiger charge is 2.25. The average molecular weight is 350 g/mol. The summed E-state index contributed by atoms with van der Waals surface area (Å²) in [4.78, 5) is 35.4. The van der Waals surface area contributed by atoms with Gasteiger partial charge in [-0.3, -0.25) is 4.79 Å². The average Bonchev–Trinajstić information content (AvgIpc) is 2.60. The number of benzene rings is 1. The molecule has 0 saturated heterocycles. The number of aliphatic carboxylic acids is 1. The fourth-order valence-corrected chi connectivity index (χ4v) is 2.28. The third kappa shape index (κ3) is 7.69. The minimum Gasteiger partial charge on any atom is -0.480 e. The zero-order valence-electron chi connectivity index (χ0n) is 14.7. The van der Waals surface area contributed by atoms with Gasteiger partial charge in [0.25, 0.3) is 0 Å². The summed E-state index contributed by atoms with van der Waals surface area (Å²) in [6.07, 6.45) is 1.30. The van der Waals surface area contributed by atoms with Gasteiger partial charge in [0.15, 0.2) is 0 Å². The van der Waals surface area contributed by atoms with E-state index in [4.69, 9.17) is 9.84 Å². The van der Waals surface area contributed by atoms with Crippen LogP contribution in [0.2, 0.25) is 0 Å². The van der Waals surface area contributed by atoms with E-state index < -0.39 is 30.1 Å². The zero-order chi connectivity index (χ0) is 18.7. The molecule has 0 heterocycles. The van der Waals surface area contributed by atoms with Crippen molar-refractivity contribution in [2.75, 3.05) is 0 Å². The summed E-state index contributed by atoms with van der Waals surface area (Å²) in [5.74, 6) is -1.60. The van der Waals surface area contributed by atoms with Crippen molar-refractivity contribution in [1.29, 1.82) is 0 Å². The molecule has 3 N–H and O–H groups in total. The number of alkyl carbamates (subject to hydrolysis) is 1. The van der Waals surface area contributed by atoms with Crippen LogP contribution in [0.5, 0.6) is 0 Å². The van der Waals surface area contributed by atoms with Crippen LogP contribution in [0, 0.1) is 0 Å². The number of carbonyl (C=O) groups excluding carboxylic acids is 2. The van der Waals surface area contributed by atoms with Crippen molar-refractivity contribution in [3.63, 3.8) is 0 Å². The minimum absolute atomic E-state index is 0.0979. The maximum Gasteiger partial charge on any atom is 0.408 e. The second-order valence-electron chi connectivity index (χ2n) is 5.74. The molecule has 2 atom stereocenters. The smallest absolute Gasteiger partial charge is 0.408 e. The second-order valence-corrected chi connectivity index (χ2v) is 5.74. The minimum atomic E-state index is -1.09. The molecule has 1 aromatic carbocycles. The maximum atomic E-state index is 12.3. The standard InChI is InChI=1S/C18H26N2O5/c1-3-8-14(16(21)19-15(9-4-2)17(22)23)20-18(24)25-12-13-10-6-5-7-11-13/h5-7,10-11,14-15H,3-4,8-9,12H2,1-2H3,(H,19,21)(H,20,24)(H,22,23)/t14-,15-/m0/s1. The van der Waals surface area contributed by atoms with Crippen LogP contribution in [0.25, 0.3) is 0 Å². The Hall–Kier alpha value is -2.57. The van der Waals surface area contributed by atoms with Crippen molar-refractivity contribution >= 4 is 18.0 Å². The Morgan fingerprint density at radius 3 is 2.16 bits per heavy atom. The molecule has 0 spiro atoms. The van der Waals surface area contributed by atoms with Gasteiger partial charge in [0, 0.05) is 0 Å². The lowest BCUT2D eigenvalue weighted by Crippen LogP contribution is -2.51. The monoisotopic (exact) mass is 350 g/mol. The molecule has 7 nitrogen and oxygen atoms in total. The third-order valence-electron chi connectivity index (χ3n) is 3.59. The lowest BCUT2D eigenvalue weighted by Gasteiger charge is -2.20. The van der Waals surface area contributed by atoms with Crippen molar-refractivity contribution in [1.82, 2.24) is 10.6 Å². The Labute approximate surface area is 147 Å². The van der Waals surface area contributed by atoms with Gasteiger partial charge in [0.2, 0.25) is 5.91 Å². The summed E-state index contributed by atoms with van der Waals surface area (Å²) in [5, 5.41) is 14.1. The Bertz CT molecular complexity index is 562. The van der Waals surface area contributed by atoms with E-state index in [0.29, 0.717) is 25.7 Å². The Morgan fingerprint density at radius 1 is 1.00 bits per heavy atom. The van der Waals surface area contributed by atoms with Gasteiger partial charge in [-0.25, -0.2) is 9.59 Å². The molecule has 0 aliphatic carbocycles. The van der Waals surface area contributed by atoms with E-state index in [1.807, 2.05) is 44.2 Å².